The van der Waals surface area contributed by atoms with E-state index in [9.17, 15) is 9.50 Å². The molecule has 1 aliphatic carbocycles. The van der Waals surface area contributed by atoms with Crippen molar-refractivity contribution in [1.29, 1.82) is 0 Å². The van der Waals surface area contributed by atoms with Crippen molar-refractivity contribution in [3.8, 4) is 0 Å². The highest BCUT2D eigenvalue weighted by molar-refractivity contribution is 5.28. The van der Waals surface area contributed by atoms with Crippen molar-refractivity contribution in [2.24, 2.45) is 5.41 Å². The maximum Gasteiger partial charge on any atom is 0.123 e. The number of hydrogen-bond acceptors (Lipinski definition) is 1. The molecule has 2 rings (SSSR count). The van der Waals surface area contributed by atoms with E-state index in [1.54, 1.807) is 6.07 Å². The van der Waals surface area contributed by atoms with Crippen molar-refractivity contribution < 1.29 is 9.50 Å². The molecule has 2 heteroatoms. The molecule has 0 aliphatic heterocycles. The normalized spacial score (nSPS) is 27.0. The van der Waals surface area contributed by atoms with Gasteiger partial charge in [-0.1, -0.05) is 26.3 Å². The second kappa shape index (κ2) is 5.24. The topological polar surface area (TPSA) is 20.2 Å². The number of aliphatic hydroxyl groups is 1. The Morgan fingerprint density at radius 1 is 1.16 bits per heavy atom. The molecule has 1 saturated carbocycles. The SMILES string of the molecule is Cc1cc(F)ccc1CC1(O)CCCC(C)(C)CC1. The van der Waals surface area contributed by atoms with Gasteiger partial charge >= 0.3 is 0 Å². The summed E-state index contributed by atoms with van der Waals surface area (Å²) in [5, 5.41) is 10.8. The second-order valence-electron chi connectivity index (χ2n) is 6.99. The minimum Gasteiger partial charge on any atom is -0.390 e. The van der Waals surface area contributed by atoms with Gasteiger partial charge in [-0.3, -0.25) is 0 Å². The van der Waals surface area contributed by atoms with E-state index in [1.165, 1.54) is 12.5 Å². The van der Waals surface area contributed by atoms with Crippen LogP contribution in [-0.2, 0) is 6.42 Å². The van der Waals surface area contributed by atoms with E-state index in [1.807, 2.05) is 13.0 Å². The predicted molar refractivity (Wildman–Crippen MR) is 76.7 cm³/mol. The molecule has 1 aromatic carbocycles. The van der Waals surface area contributed by atoms with Crippen molar-refractivity contribution in [2.45, 2.75) is 64.9 Å². The van der Waals surface area contributed by atoms with Gasteiger partial charge in [-0.15, -0.1) is 0 Å². The third-order valence-electron chi connectivity index (χ3n) is 4.59. The lowest BCUT2D eigenvalue weighted by atomic mass is 9.82. The average molecular weight is 264 g/mol. The van der Waals surface area contributed by atoms with Gasteiger partial charge < -0.3 is 5.11 Å². The van der Waals surface area contributed by atoms with Gasteiger partial charge in [-0.25, -0.2) is 4.39 Å². The summed E-state index contributed by atoms with van der Waals surface area (Å²) in [6, 6.07) is 4.87. The summed E-state index contributed by atoms with van der Waals surface area (Å²) < 4.78 is 13.1. The van der Waals surface area contributed by atoms with E-state index in [0.29, 0.717) is 11.8 Å². The van der Waals surface area contributed by atoms with Crippen LogP contribution in [0.1, 0.15) is 57.1 Å². The molecule has 106 valence electrons. The zero-order valence-corrected chi connectivity index (χ0v) is 12.3. The van der Waals surface area contributed by atoms with E-state index < -0.39 is 5.60 Å². The fourth-order valence-corrected chi connectivity index (χ4v) is 3.11. The van der Waals surface area contributed by atoms with Crippen LogP contribution in [-0.4, -0.2) is 10.7 Å². The Bertz CT molecular complexity index is 453. The molecule has 1 fully saturated rings. The Labute approximate surface area is 115 Å². The summed E-state index contributed by atoms with van der Waals surface area (Å²) in [5.74, 6) is -0.199. The molecule has 19 heavy (non-hydrogen) atoms. The first-order chi connectivity index (χ1) is 8.80. The predicted octanol–water partition coefficient (Wildman–Crippen LogP) is 4.40. The number of halogens is 1. The van der Waals surface area contributed by atoms with E-state index >= 15 is 0 Å². The quantitative estimate of drug-likeness (QED) is 0.785. The van der Waals surface area contributed by atoms with Crippen molar-refractivity contribution in [3.63, 3.8) is 0 Å². The van der Waals surface area contributed by atoms with Crippen LogP contribution in [0, 0.1) is 18.2 Å². The Hall–Kier alpha value is -0.890. The van der Waals surface area contributed by atoms with Crippen LogP contribution in [0.3, 0.4) is 0 Å². The van der Waals surface area contributed by atoms with Crippen LogP contribution in [0.2, 0.25) is 0 Å². The molecule has 1 unspecified atom stereocenters. The van der Waals surface area contributed by atoms with Crippen molar-refractivity contribution >= 4 is 0 Å². The Morgan fingerprint density at radius 2 is 1.89 bits per heavy atom. The lowest BCUT2D eigenvalue weighted by molar-refractivity contribution is 0.0224. The van der Waals surface area contributed by atoms with Gasteiger partial charge in [0.05, 0.1) is 5.60 Å². The molecule has 0 saturated heterocycles. The summed E-state index contributed by atoms with van der Waals surface area (Å²) in [4.78, 5) is 0. The van der Waals surface area contributed by atoms with E-state index in [-0.39, 0.29) is 5.82 Å². The minimum atomic E-state index is -0.615. The molecule has 0 radical (unpaired) electrons. The lowest BCUT2D eigenvalue weighted by Crippen LogP contribution is -2.31. The maximum absolute atomic E-state index is 13.1. The zero-order valence-electron chi connectivity index (χ0n) is 12.3. The van der Waals surface area contributed by atoms with Crippen molar-refractivity contribution in [1.82, 2.24) is 0 Å². The molecular formula is C17H25FO. The summed E-state index contributed by atoms with van der Waals surface area (Å²) in [5.41, 5.74) is 1.74. The number of aryl methyl sites for hydroxylation is 1. The summed E-state index contributed by atoms with van der Waals surface area (Å²) in [7, 11) is 0. The maximum atomic E-state index is 13.1. The highest BCUT2D eigenvalue weighted by Gasteiger charge is 2.34. The smallest absolute Gasteiger partial charge is 0.123 e. The average Bonchev–Trinajstić information content (AvgIpc) is 2.43. The molecule has 0 spiro atoms. The van der Waals surface area contributed by atoms with Crippen molar-refractivity contribution in [3.05, 3.63) is 35.1 Å². The minimum absolute atomic E-state index is 0.199. The van der Waals surface area contributed by atoms with Crippen LogP contribution in [0.4, 0.5) is 4.39 Å². The molecule has 1 N–H and O–H groups in total. The van der Waals surface area contributed by atoms with Gasteiger partial charge in [-0.2, -0.15) is 0 Å². The van der Waals surface area contributed by atoms with Crippen LogP contribution in [0.5, 0.6) is 0 Å². The van der Waals surface area contributed by atoms with Gasteiger partial charge in [0, 0.05) is 6.42 Å². The fourth-order valence-electron chi connectivity index (χ4n) is 3.11. The van der Waals surface area contributed by atoms with E-state index in [0.717, 1.165) is 36.8 Å². The Morgan fingerprint density at radius 3 is 2.58 bits per heavy atom. The van der Waals surface area contributed by atoms with Crippen LogP contribution < -0.4 is 0 Å². The number of benzene rings is 1. The van der Waals surface area contributed by atoms with E-state index in [4.69, 9.17) is 0 Å². The molecular weight excluding hydrogens is 239 g/mol. The van der Waals surface area contributed by atoms with E-state index in [2.05, 4.69) is 13.8 Å². The van der Waals surface area contributed by atoms with Gasteiger partial charge in [0.25, 0.3) is 0 Å². The lowest BCUT2D eigenvalue weighted by Gasteiger charge is -2.28. The zero-order chi connectivity index (χ0) is 14.1. The number of rotatable bonds is 2. The molecule has 1 atom stereocenters. The highest BCUT2D eigenvalue weighted by atomic mass is 19.1. The van der Waals surface area contributed by atoms with Gasteiger partial charge in [-0.05, 0) is 61.3 Å². The monoisotopic (exact) mass is 264 g/mol. The molecule has 0 amide bonds. The fraction of sp³-hybridized carbons (Fsp3) is 0.647. The van der Waals surface area contributed by atoms with Gasteiger partial charge in [0.1, 0.15) is 5.82 Å². The van der Waals surface area contributed by atoms with Crippen LogP contribution in [0.25, 0.3) is 0 Å². The standard InChI is InChI=1S/C17H25FO/c1-13-11-15(18)6-5-14(13)12-17(19)8-4-7-16(2,3)9-10-17/h5-6,11,19H,4,7-10,12H2,1-3H3. The Balaban J connectivity index is 2.12. The van der Waals surface area contributed by atoms with Gasteiger partial charge in [0.2, 0.25) is 0 Å². The first-order valence-corrected chi connectivity index (χ1v) is 7.27. The molecule has 0 bridgehead atoms. The molecule has 1 nitrogen and oxygen atoms in total. The molecule has 1 aliphatic rings. The third-order valence-corrected chi connectivity index (χ3v) is 4.59. The molecule has 0 heterocycles. The molecule has 1 aromatic rings. The largest absolute Gasteiger partial charge is 0.390 e. The summed E-state index contributed by atoms with van der Waals surface area (Å²) >= 11 is 0. The van der Waals surface area contributed by atoms with Crippen LogP contribution in [0.15, 0.2) is 18.2 Å². The van der Waals surface area contributed by atoms with Crippen molar-refractivity contribution in [2.75, 3.05) is 0 Å². The van der Waals surface area contributed by atoms with Crippen LogP contribution >= 0.6 is 0 Å². The number of hydrogen-bond donors (Lipinski definition) is 1. The first-order valence-electron chi connectivity index (χ1n) is 7.27. The second-order valence-corrected chi connectivity index (χ2v) is 6.99. The summed E-state index contributed by atoms with van der Waals surface area (Å²) in [6.07, 6.45) is 5.66. The summed E-state index contributed by atoms with van der Waals surface area (Å²) in [6.45, 7) is 6.48. The third kappa shape index (κ3) is 3.79. The molecule has 0 aromatic heterocycles. The van der Waals surface area contributed by atoms with Gasteiger partial charge in [0.15, 0.2) is 0 Å². The highest BCUT2D eigenvalue weighted by Crippen LogP contribution is 2.39. The first kappa shape index (κ1) is 14.5. The Kier molecular flexibility index (Phi) is 4.00.